The summed E-state index contributed by atoms with van der Waals surface area (Å²) in [5, 5.41) is 0. The van der Waals surface area contributed by atoms with Gasteiger partial charge in [-0.1, -0.05) is 115 Å². The third-order valence-corrected chi connectivity index (χ3v) is 4.65. The molecule has 0 radical (unpaired) electrons. The van der Waals surface area contributed by atoms with Crippen molar-refractivity contribution in [3.63, 3.8) is 0 Å². The summed E-state index contributed by atoms with van der Waals surface area (Å²) >= 11 is 0. The van der Waals surface area contributed by atoms with E-state index in [0.29, 0.717) is 6.61 Å². The maximum atomic E-state index is 5.95. The molecule has 0 aromatic heterocycles. The number of fused-ring (bicyclic) bond motifs is 3. The van der Waals surface area contributed by atoms with Crippen molar-refractivity contribution in [2.24, 2.45) is 0 Å². The highest BCUT2D eigenvalue weighted by Crippen LogP contribution is 2.18. The minimum atomic E-state index is 0.482. The van der Waals surface area contributed by atoms with E-state index in [1.165, 1.54) is 0 Å². The molecular weight excluding hydrogens is 442 g/mol. The van der Waals surface area contributed by atoms with Gasteiger partial charge in [-0.2, -0.15) is 0 Å². The summed E-state index contributed by atoms with van der Waals surface area (Å²) in [6.45, 7) is 0.482. The zero-order chi connectivity index (χ0) is 24.9. The van der Waals surface area contributed by atoms with Crippen LogP contribution in [-0.2, 0) is 9.47 Å². The van der Waals surface area contributed by atoms with E-state index in [1.54, 1.807) is 6.26 Å². The van der Waals surface area contributed by atoms with Crippen molar-refractivity contribution in [1.82, 2.24) is 4.90 Å². The van der Waals surface area contributed by atoms with Gasteiger partial charge in [0.15, 0.2) is 0 Å². The number of rotatable bonds is 0. The van der Waals surface area contributed by atoms with Gasteiger partial charge in [0, 0.05) is 12.4 Å². The zero-order valence-electron chi connectivity index (χ0n) is 20.2. The highest BCUT2D eigenvalue weighted by Gasteiger charge is 2.06. The lowest BCUT2D eigenvalue weighted by molar-refractivity contribution is 0.281. The average molecular weight is 474 g/mol. The molecule has 0 N–H and O–H groups in total. The van der Waals surface area contributed by atoms with Crippen LogP contribution in [0.1, 0.15) is 0 Å². The van der Waals surface area contributed by atoms with E-state index in [2.05, 4.69) is 0 Å². The smallest absolute Gasteiger partial charge is 0.128 e. The normalized spacial score (nSPS) is 21.7. The second-order valence-electron chi connectivity index (χ2n) is 7.41. The summed E-state index contributed by atoms with van der Waals surface area (Å²) < 4.78 is 11.7. The molecule has 0 spiro atoms. The van der Waals surface area contributed by atoms with Gasteiger partial charge in [-0.15, -0.1) is 0 Å². The topological polar surface area (TPSA) is 21.7 Å². The van der Waals surface area contributed by atoms with Gasteiger partial charge in [-0.25, -0.2) is 0 Å². The molecule has 0 unspecified atom stereocenters. The second kappa shape index (κ2) is 16.8. The SMILES string of the molecule is C1=CC=CC=C/C=C\C=CC=C/C=C2/C=CC=C(/C=C\N3C=CC=CC3=COCC=CC=CC=C1)O2. The second-order valence-corrected chi connectivity index (χ2v) is 7.41. The van der Waals surface area contributed by atoms with Gasteiger partial charge in [0.2, 0.25) is 0 Å². The molecule has 0 saturated carbocycles. The quantitative estimate of drug-likeness (QED) is 0.355. The van der Waals surface area contributed by atoms with Crippen LogP contribution in [-0.4, -0.2) is 11.5 Å². The molecule has 0 aromatic carbocycles. The van der Waals surface area contributed by atoms with Crippen molar-refractivity contribution in [2.45, 2.75) is 0 Å². The fourth-order valence-corrected chi connectivity index (χ4v) is 2.92. The molecule has 3 heterocycles. The first-order valence-corrected chi connectivity index (χ1v) is 11.8. The molecule has 3 nitrogen and oxygen atoms in total. The largest absolute Gasteiger partial charge is 0.495 e. The predicted octanol–water partition coefficient (Wildman–Crippen LogP) is 8.12. The summed E-state index contributed by atoms with van der Waals surface area (Å²) in [5.41, 5.74) is 0.923. The summed E-state index contributed by atoms with van der Waals surface area (Å²) in [7, 11) is 0. The maximum absolute atomic E-state index is 5.95. The lowest BCUT2D eigenvalue weighted by atomic mass is 10.2. The molecule has 3 heteroatoms. The van der Waals surface area contributed by atoms with Crippen LogP contribution < -0.4 is 0 Å². The van der Waals surface area contributed by atoms with Crippen molar-refractivity contribution < 1.29 is 9.47 Å². The number of allylic oxidation sites excluding steroid dienone is 25. The molecule has 0 aromatic rings. The number of ether oxygens (including phenoxy) is 2. The third kappa shape index (κ3) is 10.9. The van der Waals surface area contributed by atoms with Gasteiger partial charge in [-0.05, 0) is 42.5 Å². The first kappa shape index (κ1) is 25.9. The van der Waals surface area contributed by atoms with Crippen LogP contribution in [0.4, 0.5) is 0 Å². The van der Waals surface area contributed by atoms with Crippen molar-refractivity contribution in [3.05, 3.63) is 194 Å². The Kier molecular flexibility index (Phi) is 12.1. The molecule has 0 atom stereocenters. The van der Waals surface area contributed by atoms with Gasteiger partial charge in [0.25, 0.3) is 0 Å². The highest BCUT2D eigenvalue weighted by molar-refractivity contribution is 5.35. The Balaban J connectivity index is 1.69. The van der Waals surface area contributed by atoms with Crippen LogP contribution in [0.15, 0.2) is 194 Å². The van der Waals surface area contributed by atoms with Crippen LogP contribution in [0.2, 0.25) is 0 Å². The molecule has 2 bridgehead atoms. The van der Waals surface area contributed by atoms with E-state index in [9.17, 15) is 0 Å². The van der Waals surface area contributed by atoms with Gasteiger partial charge in [0.1, 0.15) is 24.4 Å². The Bertz CT molecular complexity index is 1200. The van der Waals surface area contributed by atoms with Gasteiger partial charge in [-0.3, -0.25) is 0 Å². The Hall–Kier alpha value is -4.76. The van der Waals surface area contributed by atoms with Gasteiger partial charge >= 0.3 is 0 Å². The first-order chi connectivity index (χ1) is 17.9. The number of hydrogen-bond donors (Lipinski definition) is 0. The van der Waals surface area contributed by atoms with Crippen LogP contribution in [0.25, 0.3) is 0 Å². The van der Waals surface area contributed by atoms with Gasteiger partial charge < -0.3 is 14.4 Å². The summed E-state index contributed by atoms with van der Waals surface area (Å²) in [6, 6.07) is 0. The summed E-state index contributed by atoms with van der Waals surface area (Å²) in [5.74, 6) is 1.52. The van der Waals surface area contributed by atoms with Crippen LogP contribution in [0.5, 0.6) is 0 Å². The molecular formula is C33H31NO2. The molecule has 3 aliphatic rings. The van der Waals surface area contributed by atoms with E-state index in [0.717, 1.165) is 17.2 Å². The van der Waals surface area contributed by atoms with E-state index in [-0.39, 0.29) is 0 Å². The molecule has 3 aliphatic heterocycles. The first-order valence-electron chi connectivity index (χ1n) is 11.8. The standard InChI is InChI=1S/C33H31NO2/c1-2-4-6-8-10-12-14-16-20-29-35-30-31-22-18-19-27-34(31)28-26-33-25-21-24-32(36-33)23-17-15-13-11-9-7-5-3-1/h1-28,30H,29H2/b2-1?,5-3?,6-4?,9-7-,10-8?,13-11?,14-12?,17-15?,20-16?,28-26-,31-30?,32-23-. The zero-order valence-corrected chi connectivity index (χ0v) is 20.2. The van der Waals surface area contributed by atoms with Crippen molar-refractivity contribution in [3.8, 4) is 0 Å². The summed E-state index contributed by atoms with van der Waals surface area (Å²) in [4.78, 5) is 1.98. The minimum Gasteiger partial charge on any atom is -0.495 e. The molecule has 36 heavy (non-hydrogen) atoms. The Morgan fingerprint density at radius 3 is 1.69 bits per heavy atom. The average Bonchev–Trinajstić information content (AvgIpc) is 2.90. The molecule has 0 fully saturated rings. The summed E-state index contributed by atoms with van der Waals surface area (Å²) in [6.07, 6.45) is 56.9. The molecule has 0 aliphatic carbocycles. The van der Waals surface area contributed by atoms with Gasteiger partial charge in [0.05, 0.1) is 5.70 Å². The van der Waals surface area contributed by atoms with Crippen molar-refractivity contribution in [1.29, 1.82) is 0 Å². The Labute approximate surface area is 214 Å². The Morgan fingerprint density at radius 1 is 0.472 bits per heavy atom. The highest BCUT2D eigenvalue weighted by atomic mass is 16.5. The predicted molar refractivity (Wildman–Crippen MR) is 152 cm³/mol. The number of nitrogens with zero attached hydrogens (tertiary/aromatic N) is 1. The molecule has 3 rings (SSSR count). The van der Waals surface area contributed by atoms with Crippen LogP contribution >= 0.6 is 0 Å². The van der Waals surface area contributed by atoms with E-state index in [4.69, 9.17) is 9.47 Å². The lowest BCUT2D eigenvalue weighted by Crippen LogP contribution is -2.10. The van der Waals surface area contributed by atoms with Crippen LogP contribution in [0.3, 0.4) is 0 Å². The maximum Gasteiger partial charge on any atom is 0.128 e. The molecule has 180 valence electrons. The van der Waals surface area contributed by atoms with E-state index in [1.807, 2.05) is 175 Å². The molecule has 0 saturated heterocycles. The van der Waals surface area contributed by atoms with Crippen molar-refractivity contribution in [2.75, 3.05) is 6.61 Å². The monoisotopic (exact) mass is 473 g/mol. The van der Waals surface area contributed by atoms with E-state index >= 15 is 0 Å². The van der Waals surface area contributed by atoms with Crippen molar-refractivity contribution >= 4 is 0 Å². The third-order valence-electron chi connectivity index (χ3n) is 4.65. The fourth-order valence-electron chi connectivity index (χ4n) is 2.92. The fraction of sp³-hybridized carbons (Fsp3) is 0.0303. The number of hydrogen-bond acceptors (Lipinski definition) is 3. The van der Waals surface area contributed by atoms with E-state index < -0.39 is 0 Å². The molecule has 0 amide bonds. The minimum absolute atomic E-state index is 0.482. The lowest BCUT2D eigenvalue weighted by Gasteiger charge is -2.19. The van der Waals surface area contributed by atoms with Crippen LogP contribution in [0, 0.1) is 0 Å². The Morgan fingerprint density at radius 2 is 1.03 bits per heavy atom.